The molecule has 0 radical (unpaired) electrons. The smallest absolute Gasteiger partial charge is 0.230 e. The zero-order valence-electron chi connectivity index (χ0n) is 10.3. The van der Waals surface area contributed by atoms with Crippen LogP contribution in [-0.4, -0.2) is 38.0 Å². The molecule has 0 aromatic heterocycles. The maximum atomic E-state index is 11.9. The molecule has 100 valence electrons. The molecular formula is C12H13N3O3S. The number of hydrogen-bond donors (Lipinski definition) is 1. The Balaban J connectivity index is 1.95. The summed E-state index contributed by atoms with van der Waals surface area (Å²) in [6.45, 7) is 0.422. The highest BCUT2D eigenvalue weighted by Gasteiger charge is 2.37. The van der Waals surface area contributed by atoms with Gasteiger partial charge in [-0.25, -0.2) is 12.7 Å². The Hall–Kier alpha value is -1.91. The lowest BCUT2D eigenvalue weighted by atomic mass is 10.0. The van der Waals surface area contributed by atoms with Gasteiger partial charge in [0.2, 0.25) is 15.9 Å². The standard InChI is InChI=1S/C12H13N3O3S/c1-19(17,18)15-7-10(8-15)12(16)14-11-4-2-3-9(5-11)6-13/h2-5,10H,7-8H2,1H3,(H,14,16). The van der Waals surface area contributed by atoms with Gasteiger partial charge in [-0.2, -0.15) is 5.26 Å². The second-order valence-electron chi connectivity index (χ2n) is 4.46. The molecule has 1 fully saturated rings. The second kappa shape index (κ2) is 4.99. The van der Waals surface area contributed by atoms with E-state index in [0.717, 1.165) is 6.26 Å². The van der Waals surface area contributed by atoms with Crippen LogP contribution in [0, 0.1) is 17.2 Å². The highest BCUT2D eigenvalue weighted by Crippen LogP contribution is 2.20. The summed E-state index contributed by atoms with van der Waals surface area (Å²) < 4.78 is 23.6. The van der Waals surface area contributed by atoms with Gasteiger partial charge in [0.15, 0.2) is 0 Å². The van der Waals surface area contributed by atoms with Crippen molar-refractivity contribution >= 4 is 21.6 Å². The van der Waals surface area contributed by atoms with Gasteiger partial charge in [-0.3, -0.25) is 4.79 Å². The lowest BCUT2D eigenvalue weighted by Gasteiger charge is -2.35. The van der Waals surface area contributed by atoms with E-state index in [-0.39, 0.29) is 24.9 Å². The van der Waals surface area contributed by atoms with Crippen molar-refractivity contribution in [1.29, 1.82) is 5.26 Å². The van der Waals surface area contributed by atoms with Crippen LogP contribution in [0.1, 0.15) is 5.56 Å². The normalized spacial score (nSPS) is 16.4. The number of hydrogen-bond acceptors (Lipinski definition) is 4. The zero-order chi connectivity index (χ0) is 14.0. The van der Waals surface area contributed by atoms with E-state index >= 15 is 0 Å². The Labute approximate surface area is 111 Å². The highest BCUT2D eigenvalue weighted by molar-refractivity contribution is 7.88. The first kappa shape index (κ1) is 13.5. The molecule has 0 spiro atoms. The van der Waals surface area contributed by atoms with Crippen LogP contribution in [0.15, 0.2) is 24.3 Å². The highest BCUT2D eigenvalue weighted by atomic mass is 32.2. The summed E-state index contributed by atoms with van der Waals surface area (Å²) in [6, 6.07) is 8.57. The van der Waals surface area contributed by atoms with Gasteiger partial charge in [-0.05, 0) is 18.2 Å². The molecule has 1 aliphatic heterocycles. The molecular weight excluding hydrogens is 266 g/mol. The van der Waals surface area contributed by atoms with Gasteiger partial charge in [0.25, 0.3) is 0 Å². The number of amides is 1. The Morgan fingerprint density at radius 1 is 1.47 bits per heavy atom. The molecule has 1 amide bonds. The summed E-state index contributed by atoms with van der Waals surface area (Å²) >= 11 is 0. The summed E-state index contributed by atoms with van der Waals surface area (Å²) in [5.41, 5.74) is 1.01. The molecule has 1 heterocycles. The van der Waals surface area contributed by atoms with Gasteiger partial charge < -0.3 is 5.32 Å². The third-order valence-electron chi connectivity index (χ3n) is 2.95. The van der Waals surface area contributed by atoms with Crippen molar-refractivity contribution in [2.75, 3.05) is 24.7 Å². The molecule has 1 aromatic rings. The Morgan fingerprint density at radius 3 is 2.74 bits per heavy atom. The van der Waals surface area contributed by atoms with Crippen molar-refractivity contribution in [3.8, 4) is 6.07 Å². The topological polar surface area (TPSA) is 90.3 Å². The van der Waals surface area contributed by atoms with Crippen LogP contribution in [0.2, 0.25) is 0 Å². The maximum Gasteiger partial charge on any atom is 0.230 e. The predicted molar refractivity (Wildman–Crippen MR) is 69.7 cm³/mol. The summed E-state index contributed by atoms with van der Waals surface area (Å²) in [7, 11) is -3.21. The third kappa shape index (κ3) is 3.10. The lowest BCUT2D eigenvalue weighted by molar-refractivity contribution is -0.122. The van der Waals surface area contributed by atoms with E-state index in [1.807, 2.05) is 6.07 Å². The SMILES string of the molecule is CS(=O)(=O)N1CC(C(=O)Nc2cccc(C#N)c2)C1. The van der Waals surface area contributed by atoms with Gasteiger partial charge in [0.05, 0.1) is 23.8 Å². The van der Waals surface area contributed by atoms with Gasteiger partial charge in [-0.15, -0.1) is 0 Å². The molecule has 0 aliphatic carbocycles. The van der Waals surface area contributed by atoms with E-state index in [4.69, 9.17) is 5.26 Å². The number of carbonyl (C=O) groups is 1. The largest absolute Gasteiger partial charge is 0.326 e. The Kier molecular flexibility index (Phi) is 3.55. The molecule has 1 aliphatic rings. The number of nitriles is 1. The first-order chi connectivity index (χ1) is 8.90. The quantitative estimate of drug-likeness (QED) is 0.866. The molecule has 6 nitrogen and oxygen atoms in total. The van der Waals surface area contributed by atoms with Crippen LogP contribution < -0.4 is 5.32 Å². The summed E-state index contributed by atoms with van der Waals surface area (Å²) in [4.78, 5) is 11.9. The number of nitrogens with zero attached hydrogens (tertiary/aromatic N) is 2. The molecule has 2 rings (SSSR count). The Morgan fingerprint density at radius 2 is 2.16 bits per heavy atom. The van der Waals surface area contributed by atoms with Crippen molar-refractivity contribution in [2.24, 2.45) is 5.92 Å². The van der Waals surface area contributed by atoms with Crippen LogP contribution in [0.3, 0.4) is 0 Å². The van der Waals surface area contributed by atoms with Gasteiger partial charge >= 0.3 is 0 Å². The fraction of sp³-hybridized carbons (Fsp3) is 0.333. The van der Waals surface area contributed by atoms with E-state index in [1.165, 1.54) is 4.31 Å². The molecule has 19 heavy (non-hydrogen) atoms. The molecule has 1 saturated heterocycles. The van der Waals surface area contributed by atoms with Crippen LogP contribution in [0.25, 0.3) is 0 Å². The van der Waals surface area contributed by atoms with E-state index in [1.54, 1.807) is 24.3 Å². The number of benzene rings is 1. The van der Waals surface area contributed by atoms with E-state index < -0.39 is 10.0 Å². The minimum atomic E-state index is -3.21. The van der Waals surface area contributed by atoms with Gasteiger partial charge in [-0.1, -0.05) is 6.07 Å². The predicted octanol–water partition coefficient (Wildman–Crippen LogP) is 0.388. The molecule has 1 aromatic carbocycles. The molecule has 7 heteroatoms. The van der Waals surface area contributed by atoms with Crippen molar-refractivity contribution in [2.45, 2.75) is 0 Å². The number of sulfonamides is 1. The first-order valence-corrected chi connectivity index (χ1v) is 7.51. The zero-order valence-corrected chi connectivity index (χ0v) is 11.1. The van der Waals surface area contributed by atoms with Crippen LogP contribution in [-0.2, 0) is 14.8 Å². The van der Waals surface area contributed by atoms with E-state index in [2.05, 4.69) is 5.32 Å². The average Bonchev–Trinajstić information content (AvgIpc) is 2.25. The van der Waals surface area contributed by atoms with Gasteiger partial charge in [0.1, 0.15) is 0 Å². The molecule has 0 saturated carbocycles. The molecule has 0 bridgehead atoms. The van der Waals surface area contributed by atoms with E-state index in [0.29, 0.717) is 11.3 Å². The van der Waals surface area contributed by atoms with Crippen LogP contribution in [0.5, 0.6) is 0 Å². The lowest BCUT2D eigenvalue weighted by Crippen LogP contribution is -2.53. The first-order valence-electron chi connectivity index (χ1n) is 5.66. The second-order valence-corrected chi connectivity index (χ2v) is 6.44. The summed E-state index contributed by atoms with van der Waals surface area (Å²) in [5.74, 6) is -0.560. The fourth-order valence-electron chi connectivity index (χ4n) is 1.79. The summed E-state index contributed by atoms with van der Waals surface area (Å²) in [6.07, 6.45) is 1.12. The van der Waals surface area contributed by atoms with Crippen molar-refractivity contribution in [3.05, 3.63) is 29.8 Å². The minimum Gasteiger partial charge on any atom is -0.326 e. The number of nitrogens with one attached hydrogen (secondary N) is 1. The number of anilines is 1. The van der Waals surface area contributed by atoms with Crippen molar-refractivity contribution in [3.63, 3.8) is 0 Å². The molecule has 1 N–H and O–H groups in total. The number of carbonyl (C=O) groups excluding carboxylic acids is 1. The van der Waals surface area contributed by atoms with Crippen LogP contribution in [0.4, 0.5) is 5.69 Å². The van der Waals surface area contributed by atoms with E-state index in [9.17, 15) is 13.2 Å². The molecule has 0 unspecified atom stereocenters. The van der Waals surface area contributed by atoms with Gasteiger partial charge in [0, 0.05) is 18.8 Å². The average molecular weight is 279 g/mol. The van der Waals surface area contributed by atoms with Crippen molar-refractivity contribution < 1.29 is 13.2 Å². The number of rotatable bonds is 3. The fourth-order valence-corrected chi connectivity index (χ4v) is 2.69. The van der Waals surface area contributed by atoms with Crippen LogP contribution >= 0.6 is 0 Å². The minimum absolute atomic E-state index is 0.211. The molecule has 0 atom stereocenters. The Bertz CT molecular complexity index is 642. The third-order valence-corrected chi connectivity index (χ3v) is 4.18. The summed E-state index contributed by atoms with van der Waals surface area (Å²) in [5, 5.41) is 11.4. The van der Waals surface area contributed by atoms with Crippen molar-refractivity contribution in [1.82, 2.24) is 4.31 Å². The maximum absolute atomic E-state index is 11.9. The monoisotopic (exact) mass is 279 g/mol.